The van der Waals surface area contributed by atoms with Crippen molar-refractivity contribution in [2.75, 3.05) is 11.1 Å². The van der Waals surface area contributed by atoms with Crippen molar-refractivity contribution in [2.45, 2.75) is 6.42 Å². The molecule has 2 rings (SSSR count). The summed E-state index contributed by atoms with van der Waals surface area (Å²) in [5.74, 6) is -1.21. The lowest BCUT2D eigenvalue weighted by molar-refractivity contribution is -0.136. The minimum atomic E-state index is -0.913. The molecule has 0 unspecified atom stereocenters. The van der Waals surface area contributed by atoms with Gasteiger partial charge in [-0.1, -0.05) is 12.1 Å². The lowest BCUT2D eigenvalue weighted by Crippen LogP contribution is -2.15. The Kier molecular flexibility index (Phi) is 3.74. The number of amides is 1. The molecule has 0 atom stereocenters. The Labute approximate surface area is 115 Å². The molecule has 1 heterocycles. The van der Waals surface area contributed by atoms with Crippen molar-refractivity contribution in [1.29, 1.82) is 0 Å². The lowest BCUT2D eigenvalue weighted by Gasteiger charge is -2.07. The van der Waals surface area contributed by atoms with Crippen LogP contribution in [-0.4, -0.2) is 21.6 Å². The first-order valence-corrected chi connectivity index (χ1v) is 5.99. The molecular formula is C14H15N3O3. The van der Waals surface area contributed by atoms with E-state index < -0.39 is 5.97 Å². The number of aryl methyl sites for hydroxylation is 1. The van der Waals surface area contributed by atoms with Gasteiger partial charge in [-0.25, -0.2) is 0 Å². The zero-order valence-electron chi connectivity index (χ0n) is 11.0. The molecule has 0 spiro atoms. The average molecular weight is 273 g/mol. The van der Waals surface area contributed by atoms with Crippen LogP contribution in [0, 0.1) is 0 Å². The first kappa shape index (κ1) is 13.7. The fourth-order valence-corrected chi connectivity index (χ4v) is 1.94. The highest BCUT2D eigenvalue weighted by Crippen LogP contribution is 2.14. The third-order valence-electron chi connectivity index (χ3n) is 2.80. The Morgan fingerprint density at radius 3 is 2.70 bits per heavy atom. The van der Waals surface area contributed by atoms with Gasteiger partial charge >= 0.3 is 5.97 Å². The van der Waals surface area contributed by atoms with E-state index in [2.05, 4.69) is 5.32 Å². The standard InChI is InChI=1S/C14H15N3O3/c1-17-8-10(15)7-12(17)14(20)16-11-4-2-3-9(5-11)6-13(18)19/h2-5,7-8H,6,15H2,1H3,(H,16,20)(H,18,19). The topological polar surface area (TPSA) is 97.4 Å². The summed E-state index contributed by atoms with van der Waals surface area (Å²) in [6.07, 6.45) is 1.57. The van der Waals surface area contributed by atoms with Gasteiger partial charge in [-0.3, -0.25) is 9.59 Å². The molecule has 6 nitrogen and oxygen atoms in total. The number of rotatable bonds is 4. The number of aliphatic carboxylic acids is 1. The van der Waals surface area contributed by atoms with Gasteiger partial charge in [0.2, 0.25) is 0 Å². The van der Waals surface area contributed by atoms with Crippen LogP contribution in [0.1, 0.15) is 16.1 Å². The van der Waals surface area contributed by atoms with E-state index in [1.54, 1.807) is 48.1 Å². The van der Waals surface area contributed by atoms with Gasteiger partial charge in [-0.15, -0.1) is 0 Å². The highest BCUT2D eigenvalue weighted by Gasteiger charge is 2.11. The minimum Gasteiger partial charge on any atom is -0.481 e. The van der Waals surface area contributed by atoms with E-state index in [4.69, 9.17) is 10.8 Å². The van der Waals surface area contributed by atoms with Crippen molar-refractivity contribution in [3.63, 3.8) is 0 Å². The maximum absolute atomic E-state index is 12.1. The summed E-state index contributed by atoms with van der Waals surface area (Å²) in [6, 6.07) is 8.32. The van der Waals surface area contributed by atoms with Crippen LogP contribution in [0.4, 0.5) is 11.4 Å². The largest absolute Gasteiger partial charge is 0.481 e. The van der Waals surface area contributed by atoms with E-state index in [1.165, 1.54) is 0 Å². The third kappa shape index (κ3) is 3.17. The summed E-state index contributed by atoms with van der Waals surface area (Å²) in [6.45, 7) is 0. The number of carboxylic acids is 1. The second-order valence-corrected chi connectivity index (χ2v) is 4.49. The van der Waals surface area contributed by atoms with Crippen molar-refractivity contribution in [3.05, 3.63) is 47.8 Å². The van der Waals surface area contributed by atoms with Gasteiger partial charge in [-0.05, 0) is 23.8 Å². The number of hydrogen-bond acceptors (Lipinski definition) is 3. The molecule has 0 radical (unpaired) electrons. The molecule has 0 saturated heterocycles. The normalized spacial score (nSPS) is 10.2. The van der Waals surface area contributed by atoms with Gasteiger partial charge in [0.25, 0.3) is 5.91 Å². The molecule has 0 saturated carbocycles. The molecule has 1 aromatic carbocycles. The number of hydrogen-bond donors (Lipinski definition) is 3. The van der Waals surface area contributed by atoms with E-state index in [-0.39, 0.29) is 12.3 Å². The van der Waals surface area contributed by atoms with Gasteiger partial charge in [0.15, 0.2) is 0 Å². The van der Waals surface area contributed by atoms with Crippen LogP contribution in [0.2, 0.25) is 0 Å². The zero-order valence-corrected chi connectivity index (χ0v) is 11.0. The number of benzene rings is 1. The van der Waals surface area contributed by atoms with Crippen LogP contribution < -0.4 is 11.1 Å². The van der Waals surface area contributed by atoms with Gasteiger partial charge in [0.05, 0.1) is 12.1 Å². The number of nitrogens with two attached hydrogens (primary N) is 1. The fraction of sp³-hybridized carbons (Fsp3) is 0.143. The maximum Gasteiger partial charge on any atom is 0.307 e. The molecule has 6 heteroatoms. The highest BCUT2D eigenvalue weighted by atomic mass is 16.4. The summed E-state index contributed by atoms with van der Waals surface area (Å²) < 4.78 is 1.63. The van der Waals surface area contributed by atoms with Gasteiger partial charge in [0.1, 0.15) is 5.69 Å². The molecule has 0 fully saturated rings. The van der Waals surface area contributed by atoms with Crippen LogP contribution in [0.5, 0.6) is 0 Å². The number of carbonyl (C=O) groups excluding carboxylic acids is 1. The van der Waals surface area contributed by atoms with E-state index in [0.29, 0.717) is 22.6 Å². The molecule has 4 N–H and O–H groups in total. The van der Waals surface area contributed by atoms with E-state index in [9.17, 15) is 9.59 Å². The number of carbonyl (C=O) groups is 2. The van der Waals surface area contributed by atoms with Crippen molar-refractivity contribution in [3.8, 4) is 0 Å². The van der Waals surface area contributed by atoms with Gasteiger partial charge < -0.3 is 20.7 Å². The van der Waals surface area contributed by atoms with E-state index in [1.807, 2.05) is 0 Å². The van der Waals surface area contributed by atoms with Crippen LogP contribution in [0.25, 0.3) is 0 Å². The summed E-state index contributed by atoms with van der Waals surface area (Å²) >= 11 is 0. The molecule has 20 heavy (non-hydrogen) atoms. The van der Waals surface area contributed by atoms with Crippen molar-refractivity contribution < 1.29 is 14.7 Å². The smallest absolute Gasteiger partial charge is 0.307 e. The Bertz CT molecular complexity index is 661. The van der Waals surface area contributed by atoms with Crippen molar-refractivity contribution in [2.24, 2.45) is 7.05 Å². The molecule has 1 aromatic heterocycles. The fourth-order valence-electron chi connectivity index (χ4n) is 1.94. The predicted molar refractivity (Wildman–Crippen MR) is 75.6 cm³/mol. The number of carboxylic acid groups (broad SMARTS) is 1. The molecule has 0 bridgehead atoms. The monoisotopic (exact) mass is 273 g/mol. The summed E-state index contributed by atoms with van der Waals surface area (Å²) in [4.78, 5) is 22.7. The number of nitrogens with one attached hydrogen (secondary N) is 1. The molecule has 0 aliphatic carbocycles. The van der Waals surface area contributed by atoms with E-state index >= 15 is 0 Å². The molecule has 0 aliphatic rings. The van der Waals surface area contributed by atoms with Gasteiger partial charge in [-0.2, -0.15) is 0 Å². The molecular weight excluding hydrogens is 258 g/mol. The van der Waals surface area contributed by atoms with Crippen molar-refractivity contribution >= 4 is 23.3 Å². The van der Waals surface area contributed by atoms with Gasteiger partial charge in [0, 0.05) is 18.9 Å². The number of anilines is 2. The predicted octanol–water partition coefficient (Wildman–Crippen LogP) is 1.49. The molecule has 2 aromatic rings. The Hall–Kier alpha value is -2.76. The van der Waals surface area contributed by atoms with Crippen LogP contribution in [-0.2, 0) is 18.3 Å². The zero-order chi connectivity index (χ0) is 14.7. The average Bonchev–Trinajstić information content (AvgIpc) is 2.68. The first-order valence-electron chi connectivity index (χ1n) is 5.99. The van der Waals surface area contributed by atoms with Crippen LogP contribution in [0.3, 0.4) is 0 Å². The SMILES string of the molecule is Cn1cc(N)cc1C(=O)Nc1cccc(CC(=O)O)c1. The summed E-state index contributed by atoms with van der Waals surface area (Å²) in [7, 11) is 1.73. The summed E-state index contributed by atoms with van der Waals surface area (Å²) in [5, 5.41) is 11.5. The number of nitrogens with zero attached hydrogens (tertiary/aromatic N) is 1. The van der Waals surface area contributed by atoms with E-state index in [0.717, 1.165) is 0 Å². The lowest BCUT2D eigenvalue weighted by atomic mass is 10.1. The first-order chi connectivity index (χ1) is 9.45. The quantitative estimate of drug-likeness (QED) is 0.786. The number of nitrogen functional groups attached to an aromatic ring is 1. The molecule has 1 amide bonds. The Morgan fingerprint density at radius 2 is 2.10 bits per heavy atom. The maximum atomic E-state index is 12.1. The third-order valence-corrected chi connectivity index (χ3v) is 2.80. The van der Waals surface area contributed by atoms with Crippen molar-refractivity contribution in [1.82, 2.24) is 4.57 Å². The summed E-state index contributed by atoms with van der Waals surface area (Å²) in [5.41, 5.74) is 7.75. The second-order valence-electron chi connectivity index (χ2n) is 4.49. The second kappa shape index (κ2) is 5.48. The van der Waals surface area contributed by atoms with Crippen LogP contribution in [0.15, 0.2) is 36.5 Å². The van der Waals surface area contributed by atoms with Crippen LogP contribution >= 0.6 is 0 Å². The Balaban J connectivity index is 2.15. The number of aromatic nitrogens is 1. The minimum absolute atomic E-state index is 0.0825. The molecule has 104 valence electrons. The molecule has 0 aliphatic heterocycles. The Morgan fingerprint density at radius 1 is 1.35 bits per heavy atom. The highest BCUT2D eigenvalue weighted by molar-refractivity contribution is 6.03.